The number of benzene rings is 1. The van der Waals surface area contributed by atoms with Crippen molar-refractivity contribution in [1.82, 2.24) is 15.0 Å². The third-order valence-corrected chi connectivity index (χ3v) is 6.60. The van der Waals surface area contributed by atoms with Crippen molar-refractivity contribution in [2.24, 2.45) is 5.92 Å². The van der Waals surface area contributed by atoms with Crippen LogP contribution < -0.4 is 15.4 Å². The van der Waals surface area contributed by atoms with Gasteiger partial charge in [0.25, 0.3) is 5.91 Å². The third-order valence-electron chi connectivity index (χ3n) is 6.60. The van der Waals surface area contributed by atoms with E-state index in [0.29, 0.717) is 47.3 Å². The number of nitrogens with zero attached hydrogens (tertiary/aromatic N) is 3. The number of rotatable bonds is 9. The molecule has 3 aromatic rings. The molecule has 1 atom stereocenters. The van der Waals surface area contributed by atoms with Crippen LogP contribution in [0.4, 0.5) is 11.5 Å². The zero-order chi connectivity index (χ0) is 27.3. The summed E-state index contributed by atoms with van der Waals surface area (Å²) < 4.78 is 11.2. The van der Waals surface area contributed by atoms with Crippen LogP contribution in [0.2, 0.25) is 0 Å². The van der Waals surface area contributed by atoms with Gasteiger partial charge in [-0.3, -0.25) is 9.59 Å². The average Bonchev–Trinajstić information content (AvgIpc) is 3.54. The molecule has 3 heterocycles. The molecule has 2 amide bonds. The molecule has 1 aliphatic heterocycles. The van der Waals surface area contributed by atoms with Crippen LogP contribution >= 0.6 is 0 Å². The zero-order valence-electron chi connectivity index (χ0n) is 22.8. The van der Waals surface area contributed by atoms with Crippen LogP contribution in [0.15, 0.2) is 53.2 Å². The van der Waals surface area contributed by atoms with Crippen LogP contribution in [-0.2, 0) is 16.6 Å². The fourth-order valence-corrected chi connectivity index (χ4v) is 4.24. The van der Waals surface area contributed by atoms with Crippen LogP contribution in [0, 0.1) is 5.92 Å². The SMILES string of the molecule is CC(C)N1CC[C@@H](COc2ccc(C(=O)Nc3ccc(CC(=O)Nc4cc(C(C)(C)C)on4)cc3)nc2)C1. The van der Waals surface area contributed by atoms with Crippen LogP contribution in [0.25, 0.3) is 0 Å². The first kappa shape index (κ1) is 27.3. The summed E-state index contributed by atoms with van der Waals surface area (Å²) in [6.07, 6.45) is 2.89. The lowest BCUT2D eigenvalue weighted by molar-refractivity contribution is -0.115. The van der Waals surface area contributed by atoms with Crippen molar-refractivity contribution in [2.45, 2.75) is 58.9 Å². The van der Waals surface area contributed by atoms with E-state index in [2.05, 4.69) is 39.5 Å². The predicted octanol–water partition coefficient (Wildman–Crippen LogP) is 4.91. The van der Waals surface area contributed by atoms with Crippen molar-refractivity contribution in [1.29, 1.82) is 0 Å². The van der Waals surface area contributed by atoms with Gasteiger partial charge >= 0.3 is 0 Å². The molecule has 1 saturated heterocycles. The topological polar surface area (TPSA) is 110 Å². The van der Waals surface area contributed by atoms with Crippen molar-refractivity contribution in [3.8, 4) is 5.75 Å². The normalized spacial score (nSPS) is 16.0. The van der Waals surface area contributed by atoms with Gasteiger partial charge in [-0.1, -0.05) is 38.1 Å². The number of anilines is 2. The molecule has 2 aromatic heterocycles. The number of carbonyl (C=O) groups excluding carboxylic acids is 2. The molecule has 4 rings (SSSR count). The van der Waals surface area contributed by atoms with E-state index < -0.39 is 0 Å². The third kappa shape index (κ3) is 7.41. The Balaban J connectivity index is 1.23. The molecule has 1 aliphatic rings. The molecule has 0 radical (unpaired) electrons. The maximum absolute atomic E-state index is 12.6. The number of amides is 2. The molecule has 0 unspecified atom stereocenters. The highest BCUT2D eigenvalue weighted by atomic mass is 16.5. The van der Waals surface area contributed by atoms with Gasteiger partial charge in [-0.25, -0.2) is 4.98 Å². The number of pyridine rings is 1. The van der Waals surface area contributed by atoms with Gasteiger partial charge in [-0.05, 0) is 56.6 Å². The average molecular weight is 520 g/mol. The van der Waals surface area contributed by atoms with Gasteiger partial charge in [0.1, 0.15) is 17.2 Å². The highest BCUT2D eigenvalue weighted by molar-refractivity contribution is 6.02. The van der Waals surface area contributed by atoms with Crippen LogP contribution in [0.5, 0.6) is 5.75 Å². The summed E-state index contributed by atoms with van der Waals surface area (Å²) >= 11 is 0. The van der Waals surface area contributed by atoms with E-state index in [1.165, 1.54) is 0 Å². The predicted molar refractivity (Wildman–Crippen MR) is 146 cm³/mol. The van der Waals surface area contributed by atoms with E-state index >= 15 is 0 Å². The number of hydrogen-bond donors (Lipinski definition) is 2. The maximum atomic E-state index is 12.6. The smallest absolute Gasteiger partial charge is 0.274 e. The first-order chi connectivity index (χ1) is 18.1. The van der Waals surface area contributed by atoms with E-state index in [9.17, 15) is 9.59 Å². The Morgan fingerprint density at radius 1 is 1.13 bits per heavy atom. The lowest BCUT2D eigenvalue weighted by Gasteiger charge is -2.20. The molecule has 38 heavy (non-hydrogen) atoms. The van der Waals surface area contributed by atoms with Crippen molar-refractivity contribution in [3.05, 3.63) is 65.7 Å². The Morgan fingerprint density at radius 3 is 2.50 bits per heavy atom. The van der Waals surface area contributed by atoms with Crippen LogP contribution in [-0.4, -0.2) is 52.6 Å². The number of nitrogens with one attached hydrogen (secondary N) is 2. The zero-order valence-corrected chi connectivity index (χ0v) is 22.8. The van der Waals surface area contributed by atoms with Crippen LogP contribution in [0.3, 0.4) is 0 Å². The van der Waals surface area contributed by atoms with Crippen molar-refractivity contribution >= 4 is 23.3 Å². The molecule has 1 aromatic carbocycles. The number of hydrogen-bond acceptors (Lipinski definition) is 7. The summed E-state index contributed by atoms with van der Waals surface area (Å²) in [5.74, 6) is 1.75. The molecule has 202 valence electrons. The number of ether oxygens (including phenoxy) is 1. The molecule has 0 spiro atoms. The van der Waals surface area contributed by atoms with Crippen molar-refractivity contribution in [2.75, 3.05) is 30.3 Å². The summed E-state index contributed by atoms with van der Waals surface area (Å²) in [4.78, 5) is 31.7. The minimum atomic E-state index is -0.314. The van der Waals surface area contributed by atoms with Gasteiger partial charge < -0.3 is 24.8 Å². The second kappa shape index (κ2) is 11.8. The minimum absolute atomic E-state index is 0.172. The number of carbonyl (C=O) groups is 2. The molecule has 0 saturated carbocycles. The molecule has 0 bridgehead atoms. The molecule has 1 fully saturated rings. The fraction of sp³-hybridized carbons (Fsp3) is 0.448. The fourth-order valence-electron chi connectivity index (χ4n) is 4.24. The standard InChI is InChI=1S/C29H37N5O4/c1-19(2)34-13-12-21(17-34)18-37-23-10-11-24(30-16-23)28(36)31-22-8-6-20(7-9-22)14-27(35)32-26-15-25(38-33-26)29(3,4)5/h6-11,15-16,19,21H,12-14,17-18H2,1-5H3,(H,31,36)(H,32,33,35)/t21-/m1/s1. The Morgan fingerprint density at radius 2 is 1.89 bits per heavy atom. The van der Waals surface area contributed by atoms with Gasteiger partial charge in [0, 0.05) is 35.7 Å². The minimum Gasteiger partial charge on any atom is -0.492 e. The Kier molecular flexibility index (Phi) is 8.46. The lowest BCUT2D eigenvalue weighted by atomic mass is 9.93. The van der Waals surface area contributed by atoms with Gasteiger partial charge in [0.2, 0.25) is 5.91 Å². The second-order valence-electron chi connectivity index (χ2n) is 11.1. The first-order valence-corrected chi connectivity index (χ1v) is 13.1. The maximum Gasteiger partial charge on any atom is 0.274 e. The largest absolute Gasteiger partial charge is 0.492 e. The van der Waals surface area contributed by atoms with E-state index in [1.807, 2.05) is 20.8 Å². The molecule has 9 nitrogen and oxygen atoms in total. The summed E-state index contributed by atoms with van der Waals surface area (Å²) in [6.45, 7) is 13.3. The lowest BCUT2D eigenvalue weighted by Crippen LogP contribution is -2.29. The van der Waals surface area contributed by atoms with Gasteiger partial charge in [-0.15, -0.1) is 0 Å². The van der Waals surface area contributed by atoms with E-state index in [0.717, 1.165) is 25.1 Å². The Hall–Kier alpha value is -3.72. The summed E-state index contributed by atoms with van der Waals surface area (Å²) in [5, 5.41) is 9.50. The molecular weight excluding hydrogens is 482 g/mol. The second-order valence-corrected chi connectivity index (χ2v) is 11.1. The summed E-state index contributed by atoms with van der Waals surface area (Å²) in [5.41, 5.74) is 1.53. The Labute approximate surface area is 223 Å². The van der Waals surface area contributed by atoms with Crippen molar-refractivity contribution in [3.63, 3.8) is 0 Å². The molecule has 9 heteroatoms. The highest BCUT2D eigenvalue weighted by Gasteiger charge is 2.24. The summed E-state index contributed by atoms with van der Waals surface area (Å²) in [7, 11) is 0. The molecule has 2 N–H and O–H groups in total. The molecular formula is C29H37N5O4. The van der Waals surface area contributed by atoms with E-state index in [1.54, 1.807) is 48.7 Å². The van der Waals surface area contributed by atoms with Crippen molar-refractivity contribution < 1.29 is 18.8 Å². The van der Waals surface area contributed by atoms with Gasteiger partial charge in [0.15, 0.2) is 5.82 Å². The Bertz CT molecular complexity index is 1230. The quantitative estimate of drug-likeness (QED) is 0.413. The highest BCUT2D eigenvalue weighted by Crippen LogP contribution is 2.24. The van der Waals surface area contributed by atoms with E-state index in [4.69, 9.17) is 9.26 Å². The van der Waals surface area contributed by atoms with Gasteiger partial charge in [-0.2, -0.15) is 0 Å². The van der Waals surface area contributed by atoms with E-state index in [-0.39, 0.29) is 23.7 Å². The first-order valence-electron chi connectivity index (χ1n) is 13.1. The summed E-state index contributed by atoms with van der Waals surface area (Å²) in [6, 6.07) is 12.8. The number of likely N-dealkylation sites (tertiary alicyclic amines) is 1. The molecule has 0 aliphatic carbocycles. The number of aromatic nitrogens is 2. The van der Waals surface area contributed by atoms with Gasteiger partial charge in [0.05, 0.1) is 19.2 Å². The van der Waals surface area contributed by atoms with Crippen LogP contribution in [0.1, 0.15) is 62.9 Å². The monoisotopic (exact) mass is 519 g/mol.